The van der Waals surface area contributed by atoms with Crippen molar-refractivity contribution < 1.29 is 9.59 Å². The van der Waals surface area contributed by atoms with Gasteiger partial charge in [0.1, 0.15) is 4.88 Å². The zero-order chi connectivity index (χ0) is 18.0. The van der Waals surface area contributed by atoms with Crippen LogP contribution in [0.1, 0.15) is 9.67 Å². The van der Waals surface area contributed by atoms with Gasteiger partial charge in [-0.25, -0.2) is 0 Å². The molecule has 1 aromatic carbocycles. The number of hydrogen-bond acceptors (Lipinski definition) is 4. The van der Waals surface area contributed by atoms with Crippen LogP contribution in [-0.2, 0) is 4.79 Å². The van der Waals surface area contributed by atoms with Crippen molar-refractivity contribution in [3.63, 3.8) is 0 Å². The Morgan fingerprint density at radius 2 is 2.00 bits per heavy atom. The minimum absolute atomic E-state index is 0.202. The van der Waals surface area contributed by atoms with E-state index in [4.69, 9.17) is 34.8 Å². The van der Waals surface area contributed by atoms with Gasteiger partial charge in [0.05, 0.1) is 28.5 Å². The third-order valence-corrected chi connectivity index (χ3v) is 5.35. The zero-order valence-corrected chi connectivity index (χ0v) is 15.6. The van der Waals surface area contributed by atoms with Crippen molar-refractivity contribution in [1.29, 1.82) is 0 Å². The molecule has 0 aliphatic rings. The van der Waals surface area contributed by atoms with Crippen LogP contribution in [0.3, 0.4) is 0 Å². The van der Waals surface area contributed by atoms with Crippen molar-refractivity contribution in [2.24, 2.45) is 0 Å². The molecule has 2 amide bonds. The second-order valence-electron chi connectivity index (χ2n) is 4.98. The SMILES string of the molecule is O=C(CNC(=O)c1sc2cc(Cl)cc(Cl)c2c1Cl)Nc1cccnc1. The summed E-state index contributed by atoms with van der Waals surface area (Å²) in [5.74, 6) is -0.834. The number of anilines is 1. The van der Waals surface area contributed by atoms with Crippen LogP contribution < -0.4 is 10.6 Å². The normalized spacial score (nSPS) is 10.7. The predicted molar refractivity (Wildman–Crippen MR) is 102 cm³/mol. The van der Waals surface area contributed by atoms with Gasteiger partial charge in [0.2, 0.25) is 5.91 Å². The number of halogens is 3. The maximum Gasteiger partial charge on any atom is 0.263 e. The van der Waals surface area contributed by atoms with Crippen LogP contribution in [0.15, 0.2) is 36.7 Å². The molecule has 0 aliphatic carbocycles. The lowest BCUT2D eigenvalue weighted by atomic mass is 10.2. The fraction of sp³-hybridized carbons (Fsp3) is 0.0625. The number of amides is 2. The summed E-state index contributed by atoms with van der Waals surface area (Å²) < 4.78 is 0.701. The number of benzene rings is 1. The van der Waals surface area contributed by atoms with Gasteiger partial charge in [-0.1, -0.05) is 34.8 Å². The number of rotatable bonds is 4. The molecule has 0 radical (unpaired) electrons. The Morgan fingerprint density at radius 1 is 1.20 bits per heavy atom. The monoisotopic (exact) mass is 413 g/mol. The van der Waals surface area contributed by atoms with Gasteiger partial charge in [-0.2, -0.15) is 0 Å². The number of carbonyl (C=O) groups excluding carboxylic acids is 2. The summed E-state index contributed by atoms with van der Waals surface area (Å²) in [6, 6.07) is 6.64. The summed E-state index contributed by atoms with van der Waals surface area (Å²) in [7, 11) is 0. The van der Waals surface area contributed by atoms with Crippen molar-refractivity contribution in [2.45, 2.75) is 0 Å². The Kier molecular flexibility index (Phi) is 5.44. The maximum absolute atomic E-state index is 12.3. The van der Waals surface area contributed by atoms with E-state index < -0.39 is 5.91 Å². The van der Waals surface area contributed by atoms with Crippen LogP contribution in [0.25, 0.3) is 10.1 Å². The van der Waals surface area contributed by atoms with Crippen LogP contribution >= 0.6 is 46.1 Å². The Labute approximate surface area is 161 Å². The van der Waals surface area contributed by atoms with Crippen molar-refractivity contribution in [3.8, 4) is 0 Å². The lowest BCUT2D eigenvalue weighted by Gasteiger charge is -2.06. The Morgan fingerprint density at radius 3 is 2.72 bits per heavy atom. The van der Waals surface area contributed by atoms with E-state index in [9.17, 15) is 9.59 Å². The molecule has 2 heterocycles. The van der Waals surface area contributed by atoms with Crippen LogP contribution in [0.2, 0.25) is 15.1 Å². The Balaban J connectivity index is 1.71. The van der Waals surface area contributed by atoms with Crippen molar-refractivity contribution in [2.75, 3.05) is 11.9 Å². The van der Waals surface area contributed by atoms with Gasteiger partial charge in [0.25, 0.3) is 5.91 Å². The highest BCUT2D eigenvalue weighted by Crippen LogP contribution is 2.41. The number of aromatic nitrogens is 1. The largest absolute Gasteiger partial charge is 0.342 e. The van der Waals surface area contributed by atoms with E-state index in [1.165, 1.54) is 6.20 Å². The van der Waals surface area contributed by atoms with Crippen LogP contribution in [0.5, 0.6) is 0 Å². The molecule has 0 fully saturated rings. The highest BCUT2D eigenvalue weighted by molar-refractivity contribution is 7.21. The predicted octanol–water partition coefficient (Wildman–Crippen LogP) is 4.63. The first-order chi connectivity index (χ1) is 12.0. The second kappa shape index (κ2) is 7.58. The third-order valence-electron chi connectivity index (χ3n) is 3.21. The molecular formula is C16H10Cl3N3O2S. The highest BCUT2D eigenvalue weighted by atomic mass is 35.5. The molecule has 0 atom stereocenters. The van der Waals surface area contributed by atoms with Gasteiger partial charge in [0, 0.05) is 21.3 Å². The minimum atomic E-state index is -0.459. The number of fused-ring (bicyclic) bond motifs is 1. The molecule has 0 bridgehead atoms. The molecule has 5 nitrogen and oxygen atoms in total. The van der Waals surface area contributed by atoms with E-state index in [1.54, 1.807) is 30.5 Å². The molecule has 9 heteroatoms. The molecule has 0 spiro atoms. The lowest BCUT2D eigenvalue weighted by Crippen LogP contribution is -2.32. The summed E-state index contributed by atoms with van der Waals surface area (Å²) in [6.45, 7) is -0.202. The average molecular weight is 415 g/mol. The summed E-state index contributed by atoms with van der Waals surface area (Å²) in [5, 5.41) is 6.80. The Hall–Kier alpha value is -1.86. The number of nitrogens with one attached hydrogen (secondary N) is 2. The lowest BCUT2D eigenvalue weighted by molar-refractivity contribution is -0.115. The maximum atomic E-state index is 12.3. The van der Waals surface area contributed by atoms with Crippen LogP contribution in [0.4, 0.5) is 5.69 Å². The first-order valence-electron chi connectivity index (χ1n) is 7.01. The topological polar surface area (TPSA) is 71.1 Å². The molecule has 2 aromatic heterocycles. The molecule has 0 saturated carbocycles. The standard InChI is InChI=1S/C16H10Cl3N3O2S/c17-8-4-10(18)13-11(5-8)25-15(14(13)19)16(24)21-7-12(23)22-9-2-1-3-20-6-9/h1-6H,7H2,(H,21,24)(H,22,23). The van der Waals surface area contributed by atoms with Gasteiger partial charge >= 0.3 is 0 Å². The molecule has 128 valence electrons. The second-order valence-corrected chi connectivity index (χ2v) is 7.25. The van der Waals surface area contributed by atoms with Crippen LogP contribution in [-0.4, -0.2) is 23.3 Å². The smallest absolute Gasteiger partial charge is 0.263 e. The molecule has 3 aromatic rings. The molecule has 0 aliphatic heterocycles. The molecule has 0 unspecified atom stereocenters. The highest BCUT2D eigenvalue weighted by Gasteiger charge is 2.20. The first kappa shape index (κ1) is 17.9. The fourth-order valence-electron chi connectivity index (χ4n) is 2.14. The van der Waals surface area contributed by atoms with Crippen molar-refractivity contribution in [3.05, 3.63) is 56.6 Å². The molecule has 0 saturated heterocycles. The van der Waals surface area contributed by atoms with Gasteiger partial charge in [0.15, 0.2) is 0 Å². The van der Waals surface area contributed by atoms with Gasteiger partial charge in [-0.05, 0) is 24.3 Å². The summed E-state index contributed by atoms with van der Waals surface area (Å²) >= 11 is 19.5. The van der Waals surface area contributed by atoms with E-state index in [1.807, 2.05) is 0 Å². The molecular weight excluding hydrogens is 405 g/mol. The third kappa shape index (κ3) is 4.04. The average Bonchev–Trinajstić information content (AvgIpc) is 2.90. The first-order valence-corrected chi connectivity index (χ1v) is 8.96. The van der Waals surface area contributed by atoms with E-state index in [-0.39, 0.29) is 22.4 Å². The van der Waals surface area contributed by atoms with Crippen LogP contribution in [0, 0.1) is 0 Å². The number of thiophene rings is 1. The zero-order valence-electron chi connectivity index (χ0n) is 12.5. The number of carbonyl (C=O) groups is 2. The van der Waals surface area contributed by atoms with Crippen molar-refractivity contribution >= 4 is 73.7 Å². The summed E-state index contributed by atoms with van der Waals surface area (Å²) in [4.78, 5) is 28.4. The minimum Gasteiger partial charge on any atom is -0.342 e. The van der Waals surface area contributed by atoms with E-state index in [0.717, 1.165) is 11.3 Å². The molecule has 3 rings (SSSR count). The van der Waals surface area contributed by atoms with Gasteiger partial charge < -0.3 is 10.6 Å². The van der Waals surface area contributed by atoms with E-state index in [2.05, 4.69) is 15.6 Å². The quantitative estimate of drug-likeness (QED) is 0.654. The van der Waals surface area contributed by atoms with Gasteiger partial charge in [-0.3, -0.25) is 14.6 Å². The van der Waals surface area contributed by atoms with E-state index in [0.29, 0.717) is 25.8 Å². The Bertz CT molecular complexity index is 960. The number of pyridine rings is 1. The van der Waals surface area contributed by atoms with Gasteiger partial charge in [-0.15, -0.1) is 11.3 Å². The number of hydrogen-bond donors (Lipinski definition) is 2. The fourth-order valence-corrected chi connectivity index (χ4v) is 4.44. The van der Waals surface area contributed by atoms with E-state index >= 15 is 0 Å². The summed E-state index contributed by atoms with van der Waals surface area (Å²) in [5.41, 5.74) is 0.545. The van der Waals surface area contributed by atoms with Crippen molar-refractivity contribution in [1.82, 2.24) is 10.3 Å². The molecule has 2 N–H and O–H groups in total. The molecule has 25 heavy (non-hydrogen) atoms. The summed E-state index contributed by atoms with van der Waals surface area (Å²) in [6.07, 6.45) is 3.10. The number of nitrogens with zero attached hydrogens (tertiary/aromatic N) is 1.